The van der Waals surface area contributed by atoms with Gasteiger partial charge in [-0.15, -0.1) is 0 Å². The molecule has 0 aliphatic rings. The molecule has 0 heterocycles. The van der Waals surface area contributed by atoms with Gasteiger partial charge in [0, 0.05) is 17.1 Å². The molecule has 0 aliphatic heterocycles. The molecule has 6 nitrogen and oxygen atoms in total. The second-order valence-electron chi connectivity index (χ2n) is 5.96. The number of ether oxygens (including phenoxy) is 2. The highest BCUT2D eigenvalue weighted by Gasteiger charge is 2.34. The van der Waals surface area contributed by atoms with Gasteiger partial charge in [0.25, 0.3) is 0 Å². The third-order valence-corrected chi connectivity index (χ3v) is 4.56. The van der Waals surface area contributed by atoms with Crippen molar-refractivity contribution < 1.29 is 32.2 Å². The molecule has 29 heavy (non-hydrogen) atoms. The van der Waals surface area contributed by atoms with Crippen LogP contribution in [0.2, 0.25) is 0 Å². The van der Waals surface area contributed by atoms with E-state index in [4.69, 9.17) is 9.47 Å². The van der Waals surface area contributed by atoms with Gasteiger partial charge in [0.05, 0.1) is 31.9 Å². The number of nitrogens with one attached hydrogen (secondary N) is 2. The Balaban J connectivity index is 2.28. The summed E-state index contributed by atoms with van der Waals surface area (Å²) in [5, 5.41) is 4.56. The summed E-state index contributed by atoms with van der Waals surface area (Å²) < 4.78 is 51.0. The van der Waals surface area contributed by atoms with E-state index in [0.717, 1.165) is 12.1 Å². The lowest BCUT2D eigenvalue weighted by Crippen LogP contribution is -2.19. The molecule has 0 atom stereocenters. The number of methoxy groups -OCH3 is 2. The Hall–Kier alpha value is -2.75. The van der Waals surface area contributed by atoms with Gasteiger partial charge in [-0.05, 0) is 35.9 Å². The van der Waals surface area contributed by atoms with E-state index < -0.39 is 29.2 Å². The van der Waals surface area contributed by atoms with Crippen LogP contribution in [0, 0.1) is 0 Å². The molecule has 0 aliphatic carbocycles. The minimum absolute atomic E-state index is 0.0227. The number of anilines is 2. The molecule has 0 aromatic heterocycles. The topological polar surface area (TPSA) is 76.7 Å². The first-order valence-electron chi connectivity index (χ1n) is 8.24. The van der Waals surface area contributed by atoms with E-state index in [0.29, 0.717) is 21.5 Å². The predicted molar refractivity (Wildman–Crippen MR) is 105 cm³/mol. The molecule has 0 radical (unpaired) electrons. The van der Waals surface area contributed by atoms with Crippen LogP contribution in [0.25, 0.3) is 0 Å². The molecule has 2 aromatic carbocycles. The van der Waals surface area contributed by atoms with Gasteiger partial charge in [-0.3, -0.25) is 9.59 Å². The van der Waals surface area contributed by atoms with Crippen molar-refractivity contribution in [3.05, 3.63) is 45.9 Å². The van der Waals surface area contributed by atoms with Gasteiger partial charge in [-0.1, -0.05) is 15.9 Å². The Morgan fingerprint density at radius 2 is 1.66 bits per heavy atom. The Kier molecular flexibility index (Phi) is 7.12. The summed E-state index contributed by atoms with van der Waals surface area (Å²) in [6.07, 6.45) is -4.92. The van der Waals surface area contributed by atoms with E-state index in [2.05, 4.69) is 26.6 Å². The first-order valence-corrected chi connectivity index (χ1v) is 9.03. The zero-order valence-corrected chi connectivity index (χ0v) is 17.3. The van der Waals surface area contributed by atoms with Crippen molar-refractivity contribution in [2.75, 3.05) is 24.9 Å². The molecular weight excluding hydrogens is 457 g/mol. The lowest BCUT2D eigenvalue weighted by atomic mass is 10.1. The number of hydrogen-bond donors (Lipinski definition) is 2. The number of halogens is 4. The van der Waals surface area contributed by atoms with Gasteiger partial charge in [0.2, 0.25) is 11.8 Å². The second-order valence-corrected chi connectivity index (χ2v) is 6.82. The van der Waals surface area contributed by atoms with E-state index in [1.165, 1.54) is 27.2 Å². The summed E-state index contributed by atoms with van der Waals surface area (Å²) in [5.41, 5.74) is -0.995. The van der Waals surface area contributed by atoms with Crippen molar-refractivity contribution >= 4 is 39.1 Å². The van der Waals surface area contributed by atoms with Gasteiger partial charge in [0.1, 0.15) is 0 Å². The summed E-state index contributed by atoms with van der Waals surface area (Å²) >= 11 is 3.31. The highest BCUT2D eigenvalue weighted by molar-refractivity contribution is 9.10. The fourth-order valence-corrected chi connectivity index (χ4v) is 3.03. The number of alkyl halides is 3. The Labute approximate surface area is 173 Å². The van der Waals surface area contributed by atoms with Crippen LogP contribution in [0.4, 0.5) is 24.5 Å². The maximum atomic E-state index is 13.4. The van der Waals surface area contributed by atoms with Crippen molar-refractivity contribution in [2.45, 2.75) is 19.5 Å². The normalized spacial score (nSPS) is 11.0. The van der Waals surface area contributed by atoms with Crippen LogP contribution in [-0.2, 0) is 22.2 Å². The number of amides is 2. The van der Waals surface area contributed by atoms with Gasteiger partial charge in [0.15, 0.2) is 11.5 Å². The van der Waals surface area contributed by atoms with Crippen molar-refractivity contribution in [1.29, 1.82) is 0 Å². The van der Waals surface area contributed by atoms with E-state index in [1.807, 2.05) is 0 Å². The third kappa shape index (κ3) is 5.86. The molecule has 0 bridgehead atoms. The smallest absolute Gasteiger partial charge is 0.418 e. The monoisotopic (exact) mass is 474 g/mol. The summed E-state index contributed by atoms with van der Waals surface area (Å²) in [5.74, 6) is -0.338. The summed E-state index contributed by atoms with van der Waals surface area (Å²) in [7, 11) is 2.89. The summed E-state index contributed by atoms with van der Waals surface area (Å²) in [6, 6.07) is 6.30. The first kappa shape index (κ1) is 22.5. The summed E-state index contributed by atoms with van der Waals surface area (Å²) in [6.45, 7) is 1.18. The maximum absolute atomic E-state index is 13.4. The molecule has 2 rings (SSSR count). The Morgan fingerprint density at radius 1 is 1.03 bits per heavy atom. The number of carbonyl (C=O) groups is 2. The molecule has 2 amide bonds. The van der Waals surface area contributed by atoms with Crippen LogP contribution in [0.1, 0.15) is 18.1 Å². The van der Waals surface area contributed by atoms with E-state index >= 15 is 0 Å². The SMILES string of the molecule is COc1cc(Br)c(CC(=O)Nc2ccc(NC(C)=O)cc2C(F)(F)F)cc1OC. The second kappa shape index (κ2) is 9.17. The van der Waals surface area contributed by atoms with Crippen LogP contribution < -0.4 is 20.1 Å². The highest BCUT2D eigenvalue weighted by Crippen LogP contribution is 2.37. The fraction of sp³-hybridized carbons (Fsp3) is 0.263. The van der Waals surface area contributed by atoms with Gasteiger partial charge < -0.3 is 20.1 Å². The molecule has 0 spiro atoms. The van der Waals surface area contributed by atoms with Gasteiger partial charge in [-0.25, -0.2) is 0 Å². The van der Waals surface area contributed by atoms with Gasteiger partial charge in [-0.2, -0.15) is 13.2 Å². The lowest BCUT2D eigenvalue weighted by Gasteiger charge is -2.16. The van der Waals surface area contributed by atoms with Crippen molar-refractivity contribution in [1.82, 2.24) is 0 Å². The van der Waals surface area contributed by atoms with Crippen LogP contribution in [0.15, 0.2) is 34.8 Å². The van der Waals surface area contributed by atoms with Crippen LogP contribution >= 0.6 is 15.9 Å². The lowest BCUT2D eigenvalue weighted by molar-refractivity contribution is -0.137. The predicted octanol–water partition coefficient (Wildman–Crippen LogP) is 4.62. The van der Waals surface area contributed by atoms with Crippen LogP contribution in [0.5, 0.6) is 11.5 Å². The quantitative estimate of drug-likeness (QED) is 0.639. The van der Waals surface area contributed by atoms with E-state index in [9.17, 15) is 22.8 Å². The number of rotatable bonds is 6. The van der Waals surface area contributed by atoms with Crippen molar-refractivity contribution in [3.8, 4) is 11.5 Å². The number of carbonyl (C=O) groups excluding carboxylic acids is 2. The van der Waals surface area contributed by atoms with Crippen molar-refractivity contribution in [3.63, 3.8) is 0 Å². The van der Waals surface area contributed by atoms with Crippen LogP contribution in [-0.4, -0.2) is 26.0 Å². The first-order chi connectivity index (χ1) is 13.5. The minimum Gasteiger partial charge on any atom is -0.493 e. The Bertz CT molecular complexity index is 932. The molecule has 0 saturated carbocycles. The standard InChI is InChI=1S/C19H18BrF3N2O4/c1-10(26)24-12-4-5-15(13(8-12)19(21,22)23)25-18(27)7-11-6-16(28-2)17(29-3)9-14(11)20/h4-6,8-9H,7H2,1-3H3,(H,24,26)(H,25,27). The average molecular weight is 475 g/mol. The van der Waals surface area contributed by atoms with E-state index in [-0.39, 0.29) is 12.1 Å². The molecular formula is C19H18BrF3N2O4. The fourth-order valence-electron chi connectivity index (χ4n) is 2.57. The highest BCUT2D eigenvalue weighted by atomic mass is 79.9. The molecule has 2 N–H and O–H groups in total. The minimum atomic E-state index is -4.72. The van der Waals surface area contributed by atoms with E-state index in [1.54, 1.807) is 12.1 Å². The molecule has 2 aromatic rings. The van der Waals surface area contributed by atoms with Crippen molar-refractivity contribution in [2.24, 2.45) is 0 Å². The zero-order valence-electron chi connectivity index (χ0n) is 15.7. The number of benzene rings is 2. The molecule has 156 valence electrons. The number of hydrogen-bond acceptors (Lipinski definition) is 4. The average Bonchev–Trinajstić information content (AvgIpc) is 2.62. The van der Waals surface area contributed by atoms with Gasteiger partial charge >= 0.3 is 6.18 Å². The molecule has 0 saturated heterocycles. The Morgan fingerprint density at radius 3 is 2.21 bits per heavy atom. The largest absolute Gasteiger partial charge is 0.493 e. The van der Waals surface area contributed by atoms with Crippen LogP contribution in [0.3, 0.4) is 0 Å². The molecule has 10 heteroatoms. The summed E-state index contributed by atoms with van der Waals surface area (Å²) in [4.78, 5) is 23.5. The zero-order chi connectivity index (χ0) is 21.8. The molecule has 0 fully saturated rings. The maximum Gasteiger partial charge on any atom is 0.418 e. The third-order valence-electron chi connectivity index (χ3n) is 3.82. The molecule has 0 unspecified atom stereocenters.